The van der Waals surface area contributed by atoms with Crippen LogP contribution in [-0.4, -0.2) is 40.8 Å². The van der Waals surface area contributed by atoms with Gasteiger partial charge in [-0.3, -0.25) is 14.4 Å². The van der Waals surface area contributed by atoms with Crippen molar-refractivity contribution in [3.63, 3.8) is 0 Å². The molecule has 9 heteroatoms. The van der Waals surface area contributed by atoms with E-state index in [0.717, 1.165) is 21.9 Å². The maximum atomic E-state index is 13.2. The number of Topliss-reactive ketones (excluding diaryl/α,β-unsaturated/α-hetero) is 1. The lowest BCUT2D eigenvalue weighted by atomic mass is 10.0. The third kappa shape index (κ3) is 8.53. The zero-order chi connectivity index (χ0) is 25.8. The fourth-order valence-corrected chi connectivity index (χ4v) is 5.77. The molecule has 188 valence electrons. The van der Waals surface area contributed by atoms with Gasteiger partial charge in [-0.25, -0.2) is 0 Å². The zero-order valence-corrected chi connectivity index (χ0v) is 21.2. The molecular formula is C27H28N2O5S2. The molecule has 0 saturated carbocycles. The summed E-state index contributed by atoms with van der Waals surface area (Å²) in [4.78, 5) is 38.2. The van der Waals surface area contributed by atoms with Gasteiger partial charge in [0.1, 0.15) is 30.5 Å². The van der Waals surface area contributed by atoms with E-state index in [1.807, 2.05) is 60.7 Å². The Bertz CT molecular complexity index is 1120. The zero-order valence-electron chi connectivity index (χ0n) is 19.5. The fraction of sp³-hybridized carbons (Fsp3) is 0.222. The number of rotatable bonds is 13. The molecule has 4 N–H and O–H groups in total. The van der Waals surface area contributed by atoms with Crippen molar-refractivity contribution >= 4 is 39.3 Å². The number of hydrogen-bond acceptors (Lipinski definition) is 9. The molecule has 0 heterocycles. The average molecular weight is 525 g/mol. The Morgan fingerprint density at radius 2 is 1.17 bits per heavy atom. The van der Waals surface area contributed by atoms with Gasteiger partial charge in [-0.05, 0) is 11.1 Å². The minimum atomic E-state index is -1.21. The molecule has 0 saturated heterocycles. The second kappa shape index (κ2) is 14.4. The summed E-state index contributed by atoms with van der Waals surface area (Å²) >= 11 is 0. The molecule has 3 rings (SSSR count). The predicted molar refractivity (Wildman–Crippen MR) is 143 cm³/mol. The van der Waals surface area contributed by atoms with Gasteiger partial charge in [0.05, 0.1) is 0 Å². The predicted octanol–water partition coefficient (Wildman–Crippen LogP) is 3.76. The number of hydrogen-bond donors (Lipinski definition) is 2. The van der Waals surface area contributed by atoms with Crippen LogP contribution in [0.2, 0.25) is 0 Å². The molecule has 0 aromatic heterocycles. The van der Waals surface area contributed by atoms with Crippen molar-refractivity contribution in [3.8, 4) is 0 Å². The maximum Gasteiger partial charge on any atom is 0.324 e. The number of esters is 2. The topological polar surface area (TPSA) is 122 Å². The summed E-state index contributed by atoms with van der Waals surface area (Å²) in [7, 11) is 2.28. The molecule has 0 aliphatic carbocycles. The van der Waals surface area contributed by atoms with Crippen LogP contribution in [0, 0.1) is 0 Å². The van der Waals surface area contributed by atoms with Crippen LogP contribution in [0.15, 0.2) is 91.0 Å². The molecule has 36 heavy (non-hydrogen) atoms. The first-order valence-corrected chi connectivity index (χ1v) is 13.6. The van der Waals surface area contributed by atoms with Crippen LogP contribution >= 0.6 is 21.6 Å². The van der Waals surface area contributed by atoms with Gasteiger partial charge in [-0.15, -0.1) is 0 Å². The lowest BCUT2D eigenvalue weighted by Crippen LogP contribution is -2.45. The lowest BCUT2D eigenvalue weighted by Gasteiger charge is -2.21. The Morgan fingerprint density at radius 1 is 0.694 bits per heavy atom. The van der Waals surface area contributed by atoms with E-state index in [1.165, 1.54) is 10.8 Å². The van der Waals surface area contributed by atoms with E-state index >= 15 is 0 Å². The fourth-order valence-electron chi connectivity index (χ4n) is 3.07. The Balaban J connectivity index is 1.57. The maximum absolute atomic E-state index is 13.2. The van der Waals surface area contributed by atoms with E-state index in [4.69, 9.17) is 20.9 Å². The second-order valence-electron chi connectivity index (χ2n) is 7.85. The Hall–Kier alpha value is -3.11. The van der Waals surface area contributed by atoms with E-state index in [-0.39, 0.29) is 24.7 Å². The first kappa shape index (κ1) is 27.5. The Labute approximate surface area is 218 Å². The monoisotopic (exact) mass is 524 g/mol. The van der Waals surface area contributed by atoms with Crippen molar-refractivity contribution < 1.29 is 23.9 Å². The van der Waals surface area contributed by atoms with E-state index in [0.29, 0.717) is 5.56 Å². The molecule has 7 nitrogen and oxygen atoms in total. The summed E-state index contributed by atoms with van der Waals surface area (Å²) in [5.74, 6) is -1.38. The highest BCUT2D eigenvalue weighted by atomic mass is 33.1. The number of carbonyl (C=O) groups excluding carboxylic acids is 3. The quantitative estimate of drug-likeness (QED) is 0.195. The smallest absolute Gasteiger partial charge is 0.324 e. The number of ketones is 1. The van der Waals surface area contributed by atoms with Crippen LogP contribution in [-0.2, 0) is 32.3 Å². The molecule has 0 radical (unpaired) electrons. The molecule has 0 bridgehead atoms. The highest BCUT2D eigenvalue weighted by Crippen LogP contribution is 2.32. The van der Waals surface area contributed by atoms with Crippen molar-refractivity contribution in [1.29, 1.82) is 0 Å². The molecule has 0 spiro atoms. The molecule has 0 amide bonds. The number of carbonyl (C=O) groups is 3. The highest BCUT2D eigenvalue weighted by molar-refractivity contribution is 8.77. The van der Waals surface area contributed by atoms with Crippen LogP contribution in [0.4, 0.5) is 0 Å². The normalized spacial score (nSPS) is 13.3. The van der Waals surface area contributed by atoms with Gasteiger partial charge in [0.25, 0.3) is 0 Å². The third-order valence-corrected chi connectivity index (χ3v) is 7.87. The SMILES string of the molecule is NC(CSSC(C(=O)c1ccccc1)C(N)C(=O)OCc1ccccc1)C(=O)OCc1ccccc1. The highest BCUT2D eigenvalue weighted by Gasteiger charge is 2.34. The molecular weight excluding hydrogens is 496 g/mol. The van der Waals surface area contributed by atoms with Gasteiger partial charge >= 0.3 is 11.9 Å². The summed E-state index contributed by atoms with van der Waals surface area (Å²) in [6.07, 6.45) is 0. The van der Waals surface area contributed by atoms with E-state index in [2.05, 4.69) is 0 Å². The van der Waals surface area contributed by atoms with Crippen molar-refractivity contribution in [2.45, 2.75) is 30.5 Å². The summed E-state index contributed by atoms with van der Waals surface area (Å²) in [5.41, 5.74) is 14.3. The van der Waals surface area contributed by atoms with Gasteiger partial charge in [-0.2, -0.15) is 0 Å². The molecule has 0 aliphatic rings. The van der Waals surface area contributed by atoms with Crippen LogP contribution in [0.1, 0.15) is 21.5 Å². The summed E-state index contributed by atoms with van der Waals surface area (Å²) < 4.78 is 10.6. The largest absolute Gasteiger partial charge is 0.460 e. The first-order valence-electron chi connectivity index (χ1n) is 11.3. The summed E-state index contributed by atoms with van der Waals surface area (Å²) in [6.45, 7) is 0.175. The number of ether oxygens (including phenoxy) is 2. The first-order chi connectivity index (χ1) is 17.5. The van der Waals surface area contributed by atoms with E-state index in [1.54, 1.807) is 30.3 Å². The van der Waals surface area contributed by atoms with Crippen molar-refractivity contribution in [2.75, 3.05) is 5.75 Å². The summed E-state index contributed by atoms with van der Waals surface area (Å²) in [6, 6.07) is 25.0. The minimum Gasteiger partial charge on any atom is -0.460 e. The van der Waals surface area contributed by atoms with Gasteiger partial charge in [-0.1, -0.05) is 113 Å². The second-order valence-corrected chi connectivity index (χ2v) is 10.4. The molecule has 3 aromatic rings. The summed E-state index contributed by atoms with van der Waals surface area (Å²) in [5, 5.41) is -0.937. The number of nitrogens with two attached hydrogens (primary N) is 2. The molecule has 3 aromatic carbocycles. The third-order valence-electron chi connectivity index (χ3n) is 5.08. The van der Waals surface area contributed by atoms with Crippen molar-refractivity contribution in [1.82, 2.24) is 0 Å². The lowest BCUT2D eigenvalue weighted by molar-refractivity contribution is -0.147. The standard InChI is InChI=1S/C27H28N2O5S2/c28-22(26(31)33-16-19-10-4-1-5-11-19)18-35-36-25(24(30)21-14-8-3-9-15-21)23(29)27(32)34-17-20-12-6-2-7-13-20/h1-15,22-23,25H,16-18,28-29H2. The van der Waals surface area contributed by atoms with Crippen LogP contribution in [0.5, 0.6) is 0 Å². The van der Waals surface area contributed by atoms with E-state index in [9.17, 15) is 14.4 Å². The van der Waals surface area contributed by atoms with Gasteiger partial charge < -0.3 is 20.9 Å². The van der Waals surface area contributed by atoms with Gasteiger partial charge in [0, 0.05) is 11.3 Å². The van der Waals surface area contributed by atoms with Crippen LogP contribution in [0.25, 0.3) is 0 Å². The number of benzene rings is 3. The minimum absolute atomic E-state index is 0.0512. The van der Waals surface area contributed by atoms with Crippen LogP contribution < -0.4 is 11.5 Å². The Kier molecular flexibility index (Phi) is 11.0. The average Bonchev–Trinajstić information content (AvgIpc) is 2.93. The molecule has 3 unspecified atom stereocenters. The van der Waals surface area contributed by atoms with Gasteiger partial charge in [0.15, 0.2) is 5.78 Å². The molecule has 3 atom stereocenters. The van der Waals surface area contributed by atoms with Gasteiger partial charge in [0.2, 0.25) is 0 Å². The van der Waals surface area contributed by atoms with Crippen molar-refractivity contribution in [3.05, 3.63) is 108 Å². The Morgan fingerprint density at radius 3 is 1.69 bits per heavy atom. The van der Waals surface area contributed by atoms with Crippen molar-refractivity contribution in [2.24, 2.45) is 11.5 Å². The van der Waals surface area contributed by atoms with Crippen LogP contribution in [0.3, 0.4) is 0 Å². The van der Waals surface area contributed by atoms with E-state index < -0.39 is 29.3 Å². The molecule has 0 aliphatic heterocycles. The molecule has 0 fully saturated rings.